The Hall–Kier alpha value is -3.64. The summed E-state index contributed by atoms with van der Waals surface area (Å²) in [5.41, 5.74) is 2.26. The Morgan fingerprint density at radius 1 is 0.867 bits per heavy atom. The summed E-state index contributed by atoms with van der Waals surface area (Å²) in [4.78, 5) is 37.0. The van der Waals surface area contributed by atoms with Gasteiger partial charge >= 0.3 is 5.97 Å². The molecule has 0 bridgehead atoms. The maximum Gasteiger partial charge on any atom is 0.340 e. The zero-order chi connectivity index (χ0) is 21.5. The fraction of sp³-hybridized carbons (Fsp3) is 0.0870. The molecule has 0 unspecified atom stereocenters. The Balaban J connectivity index is 1.64. The van der Waals surface area contributed by atoms with E-state index in [1.54, 1.807) is 66.7 Å². The van der Waals surface area contributed by atoms with E-state index in [0.29, 0.717) is 22.0 Å². The fourth-order valence-corrected chi connectivity index (χ4v) is 2.85. The van der Waals surface area contributed by atoms with Crippen molar-refractivity contribution in [2.45, 2.75) is 6.92 Å². The van der Waals surface area contributed by atoms with E-state index >= 15 is 0 Å². The zero-order valence-electron chi connectivity index (χ0n) is 16.1. The standard InChI is InChI=1S/C23H19ClN2O4/c1-15-11-12-17(24)13-20(15)25-21(27)14-30-23(29)18-9-5-6-10-19(18)26-22(28)16-7-3-2-4-8-16/h2-13H,14H2,1H3,(H,25,27)(H,26,28). The van der Waals surface area contributed by atoms with Gasteiger partial charge in [-0.25, -0.2) is 4.79 Å². The first-order valence-corrected chi connectivity index (χ1v) is 9.50. The highest BCUT2D eigenvalue weighted by atomic mass is 35.5. The summed E-state index contributed by atoms with van der Waals surface area (Å²) in [6, 6.07) is 20.2. The molecule has 2 N–H and O–H groups in total. The average Bonchev–Trinajstić information content (AvgIpc) is 2.75. The molecular weight excluding hydrogens is 404 g/mol. The van der Waals surface area contributed by atoms with Crippen molar-refractivity contribution in [1.82, 2.24) is 0 Å². The summed E-state index contributed by atoms with van der Waals surface area (Å²) in [6.45, 7) is 1.34. The second-order valence-electron chi connectivity index (χ2n) is 6.45. The number of anilines is 2. The summed E-state index contributed by atoms with van der Waals surface area (Å²) in [7, 11) is 0. The Morgan fingerprint density at radius 2 is 1.57 bits per heavy atom. The van der Waals surface area contributed by atoms with Crippen LogP contribution in [0.15, 0.2) is 72.8 Å². The third-order valence-electron chi connectivity index (χ3n) is 4.24. The molecule has 0 aliphatic carbocycles. The van der Waals surface area contributed by atoms with Crippen molar-refractivity contribution in [1.29, 1.82) is 0 Å². The minimum Gasteiger partial charge on any atom is -0.452 e. The van der Waals surface area contributed by atoms with Crippen molar-refractivity contribution in [3.05, 3.63) is 94.5 Å². The van der Waals surface area contributed by atoms with Crippen LogP contribution in [0.4, 0.5) is 11.4 Å². The normalized spacial score (nSPS) is 10.2. The van der Waals surface area contributed by atoms with Gasteiger partial charge in [-0.1, -0.05) is 48.0 Å². The van der Waals surface area contributed by atoms with E-state index in [1.807, 2.05) is 6.92 Å². The number of benzene rings is 3. The second-order valence-corrected chi connectivity index (χ2v) is 6.89. The van der Waals surface area contributed by atoms with Gasteiger partial charge in [0.2, 0.25) is 0 Å². The van der Waals surface area contributed by atoms with Crippen LogP contribution >= 0.6 is 11.6 Å². The van der Waals surface area contributed by atoms with Crippen LogP contribution in [-0.2, 0) is 9.53 Å². The third-order valence-corrected chi connectivity index (χ3v) is 4.47. The van der Waals surface area contributed by atoms with Crippen LogP contribution in [0, 0.1) is 6.92 Å². The van der Waals surface area contributed by atoms with Crippen LogP contribution in [0.3, 0.4) is 0 Å². The van der Waals surface area contributed by atoms with Gasteiger partial charge in [0.05, 0.1) is 11.3 Å². The van der Waals surface area contributed by atoms with E-state index in [4.69, 9.17) is 16.3 Å². The van der Waals surface area contributed by atoms with Gasteiger partial charge < -0.3 is 15.4 Å². The van der Waals surface area contributed by atoms with E-state index in [0.717, 1.165) is 5.56 Å². The quantitative estimate of drug-likeness (QED) is 0.564. The molecule has 3 aromatic carbocycles. The molecule has 152 valence electrons. The molecular formula is C23H19ClN2O4. The Bertz CT molecular complexity index is 1080. The minimum absolute atomic E-state index is 0.147. The molecule has 0 saturated heterocycles. The lowest BCUT2D eigenvalue weighted by atomic mass is 10.1. The highest BCUT2D eigenvalue weighted by molar-refractivity contribution is 6.31. The number of ether oxygens (including phenoxy) is 1. The van der Waals surface area contributed by atoms with Crippen LogP contribution in [0.2, 0.25) is 5.02 Å². The van der Waals surface area contributed by atoms with E-state index in [-0.39, 0.29) is 11.5 Å². The summed E-state index contributed by atoms with van der Waals surface area (Å²) >= 11 is 5.94. The number of halogens is 1. The van der Waals surface area contributed by atoms with Crippen LogP contribution in [0.1, 0.15) is 26.3 Å². The van der Waals surface area contributed by atoms with Gasteiger partial charge in [-0.3, -0.25) is 9.59 Å². The fourth-order valence-electron chi connectivity index (χ4n) is 2.68. The Kier molecular flexibility index (Phi) is 6.83. The molecule has 0 saturated carbocycles. The monoisotopic (exact) mass is 422 g/mol. The summed E-state index contributed by atoms with van der Waals surface area (Å²) < 4.78 is 5.12. The Morgan fingerprint density at radius 3 is 2.33 bits per heavy atom. The van der Waals surface area contributed by atoms with E-state index in [2.05, 4.69) is 10.6 Å². The number of carbonyl (C=O) groups is 3. The SMILES string of the molecule is Cc1ccc(Cl)cc1NC(=O)COC(=O)c1ccccc1NC(=O)c1ccccc1. The van der Waals surface area contributed by atoms with Gasteiger partial charge in [-0.2, -0.15) is 0 Å². The predicted molar refractivity (Wildman–Crippen MR) is 116 cm³/mol. The summed E-state index contributed by atoms with van der Waals surface area (Å²) in [5.74, 6) is -1.58. The molecule has 30 heavy (non-hydrogen) atoms. The van der Waals surface area contributed by atoms with Crippen molar-refractivity contribution in [3.63, 3.8) is 0 Å². The predicted octanol–water partition coefficient (Wildman–Crippen LogP) is 4.70. The maximum absolute atomic E-state index is 12.5. The summed E-state index contributed by atoms with van der Waals surface area (Å²) in [6.07, 6.45) is 0. The number of hydrogen-bond donors (Lipinski definition) is 2. The van der Waals surface area contributed by atoms with Crippen LogP contribution in [0.5, 0.6) is 0 Å². The second kappa shape index (κ2) is 9.71. The van der Waals surface area contributed by atoms with Crippen molar-refractivity contribution in [2.24, 2.45) is 0 Å². The number of carbonyl (C=O) groups excluding carboxylic acids is 3. The largest absolute Gasteiger partial charge is 0.452 e. The molecule has 0 radical (unpaired) electrons. The first-order chi connectivity index (χ1) is 14.4. The molecule has 2 amide bonds. The van der Waals surface area contributed by atoms with Gasteiger partial charge in [0.15, 0.2) is 6.61 Å². The number of esters is 1. The molecule has 3 aromatic rings. The highest BCUT2D eigenvalue weighted by Crippen LogP contribution is 2.20. The molecule has 0 fully saturated rings. The maximum atomic E-state index is 12.5. The number of para-hydroxylation sites is 1. The summed E-state index contributed by atoms with van der Waals surface area (Å²) in [5, 5.41) is 5.83. The highest BCUT2D eigenvalue weighted by Gasteiger charge is 2.17. The van der Waals surface area contributed by atoms with Gasteiger partial charge in [-0.15, -0.1) is 0 Å². The average molecular weight is 423 g/mol. The number of amides is 2. The van der Waals surface area contributed by atoms with Gasteiger partial charge in [0.25, 0.3) is 11.8 Å². The van der Waals surface area contributed by atoms with Crippen molar-refractivity contribution < 1.29 is 19.1 Å². The molecule has 0 aromatic heterocycles. The molecule has 7 heteroatoms. The first kappa shape index (κ1) is 21.1. The molecule has 6 nitrogen and oxygen atoms in total. The lowest BCUT2D eigenvalue weighted by Crippen LogP contribution is -2.22. The van der Waals surface area contributed by atoms with Gasteiger partial charge in [-0.05, 0) is 48.9 Å². The molecule has 3 rings (SSSR count). The van der Waals surface area contributed by atoms with Crippen molar-refractivity contribution >= 4 is 40.8 Å². The smallest absolute Gasteiger partial charge is 0.340 e. The van der Waals surface area contributed by atoms with E-state index < -0.39 is 18.5 Å². The van der Waals surface area contributed by atoms with Gasteiger partial charge in [0, 0.05) is 16.3 Å². The minimum atomic E-state index is -0.725. The number of nitrogens with one attached hydrogen (secondary N) is 2. The van der Waals surface area contributed by atoms with Crippen LogP contribution < -0.4 is 10.6 Å². The molecule has 0 aliphatic heterocycles. The first-order valence-electron chi connectivity index (χ1n) is 9.12. The zero-order valence-corrected chi connectivity index (χ0v) is 16.9. The lowest BCUT2D eigenvalue weighted by molar-refractivity contribution is -0.119. The molecule has 0 aliphatic rings. The lowest BCUT2D eigenvalue weighted by Gasteiger charge is -2.12. The number of rotatable bonds is 6. The van der Waals surface area contributed by atoms with Crippen LogP contribution in [-0.4, -0.2) is 24.4 Å². The van der Waals surface area contributed by atoms with Crippen molar-refractivity contribution in [3.8, 4) is 0 Å². The van der Waals surface area contributed by atoms with Gasteiger partial charge in [0.1, 0.15) is 0 Å². The van der Waals surface area contributed by atoms with Crippen LogP contribution in [0.25, 0.3) is 0 Å². The number of hydrogen-bond acceptors (Lipinski definition) is 4. The Labute approximate surface area is 178 Å². The number of aryl methyl sites for hydroxylation is 1. The molecule has 0 spiro atoms. The topological polar surface area (TPSA) is 84.5 Å². The van der Waals surface area contributed by atoms with E-state index in [9.17, 15) is 14.4 Å². The molecule has 0 atom stereocenters. The third kappa shape index (κ3) is 5.46. The van der Waals surface area contributed by atoms with Crippen molar-refractivity contribution in [2.75, 3.05) is 17.2 Å². The molecule has 0 heterocycles. The van der Waals surface area contributed by atoms with E-state index in [1.165, 1.54) is 6.07 Å².